The SMILES string of the molecule is CC1(C)c2ccccc2-c2c1ccc1c2c2ccc(-n3c4ccccc4c4ccccc43)cc2n1-c1nc(-c2cccc3c2oc2ccccc23)c2ccccc2n1. The number of hydrogen-bond donors (Lipinski definition) is 0. The molecular weight excluding hydrogens is 709 g/mol. The summed E-state index contributed by atoms with van der Waals surface area (Å²) in [7, 11) is 0. The van der Waals surface area contributed by atoms with Gasteiger partial charge in [-0.3, -0.25) is 4.57 Å². The second-order valence-corrected chi connectivity index (χ2v) is 16.1. The van der Waals surface area contributed by atoms with Gasteiger partial charge in [0.05, 0.1) is 33.3 Å². The molecule has 0 amide bonds. The van der Waals surface area contributed by atoms with Crippen LogP contribution in [-0.4, -0.2) is 19.1 Å². The summed E-state index contributed by atoms with van der Waals surface area (Å²) in [6.07, 6.45) is 0. The van der Waals surface area contributed by atoms with E-state index >= 15 is 0 Å². The van der Waals surface area contributed by atoms with Crippen molar-refractivity contribution in [1.82, 2.24) is 19.1 Å². The van der Waals surface area contributed by atoms with E-state index < -0.39 is 0 Å². The minimum atomic E-state index is -0.144. The molecule has 5 heteroatoms. The summed E-state index contributed by atoms with van der Waals surface area (Å²) < 4.78 is 11.3. The largest absolute Gasteiger partial charge is 0.455 e. The third-order valence-electron chi connectivity index (χ3n) is 12.7. The van der Waals surface area contributed by atoms with Gasteiger partial charge < -0.3 is 8.98 Å². The number of aromatic nitrogens is 4. The summed E-state index contributed by atoms with van der Waals surface area (Å²) in [4.78, 5) is 11.0. The molecule has 0 fully saturated rings. The van der Waals surface area contributed by atoms with Gasteiger partial charge >= 0.3 is 0 Å². The molecule has 0 saturated heterocycles. The fourth-order valence-electron chi connectivity index (χ4n) is 10.1. The second kappa shape index (κ2) is 11.3. The summed E-state index contributed by atoms with van der Waals surface area (Å²) in [6, 6.07) is 60.8. The molecule has 13 rings (SSSR count). The zero-order chi connectivity index (χ0) is 38.3. The Balaban J connectivity index is 1.17. The van der Waals surface area contributed by atoms with E-state index in [4.69, 9.17) is 14.4 Å². The van der Waals surface area contributed by atoms with Gasteiger partial charge in [-0.1, -0.05) is 135 Å². The molecular formula is C53H34N4O. The van der Waals surface area contributed by atoms with E-state index in [1.807, 2.05) is 12.1 Å². The number of benzene rings is 8. The van der Waals surface area contributed by atoms with Crippen LogP contribution in [0.1, 0.15) is 25.0 Å². The van der Waals surface area contributed by atoms with Gasteiger partial charge in [0.15, 0.2) is 0 Å². The number of hydrogen-bond acceptors (Lipinski definition) is 3. The van der Waals surface area contributed by atoms with Gasteiger partial charge in [0.25, 0.3) is 0 Å². The van der Waals surface area contributed by atoms with E-state index in [9.17, 15) is 0 Å². The predicted octanol–water partition coefficient (Wildman–Crippen LogP) is 13.7. The van der Waals surface area contributed by atoms with Crippen LogP contribution < -0.4 is 0 Å². The third kappa shape index (κ3) is 4.09. The van der Waals surface area contributed by atoms with E-state index in [0.29, 0.717) is 5.95 Å². The van der Waals surface area contributed by atoms with Crippen LogP contribution in [0.5, 0.6) is 0 Å². The lowest BCUT2D eigenvalue weighted by Gasteiger charge is -2.21. The summed E-state index contributed by atoms with van der Waals surface area (Å²) in [5, 5.41) is 7.99. The molecule has 0 bridgehead atoms. The monoisotopic (exact) mass is 742 g/mol. The Bertz CT molecular complexity index is 3680. The normalized spacial score (nSPS) is 13.5. The first kappa shape index (κ1) is 31.7. The molecule has 0 unspecified atom stereocenters. The van der Waals surface area contributed by atoms with Crippen LogP contribution in [0, 0.1) is 0 Å². The van der Waals surface area contributed by atoms with Gasteiger partial charge in [-0.05, 0) is 70.8 Å². The standard InChI is InChI=1S/C53H34N4O/c1-53(2)40-21-8-3-17-36(40)48-41(53)28-29-45-49(48)38-27-26-31(56-43-23-10-5-14-32(43)33-15-6-11-24-44(33)56)30-46(38)57(45)52-54-42-22-9-4-18-37(42)50(55-52)39-20-13-19-35-34-16-7-12-25-47(34)58-51(35)39/h3-30H,1-2H3. The Hall–Kier alpha value is -7.50. The van der Waals surface area contributed by atoms with Gasteiger partial charge in [0, 0.05) is 54.4 Å². The fourth-order valence-corrected chi connectivity index (χ4v) is 10.1. The summed E-state index contributed by atoms with van der Waals surface area (Å²) >= 11 is 0. The smallest absolute Gasteiger partial charge is 0.235 e. The summed E-state index contributed by atoms with van der Waals surface area (Å²) in [5.74, 6) is 0.617. The zero-order valence-electron chi connectivity index (χ0n) is 31.9. The molecule has 8 aromatic carbocycles. The van der Waals surface area contributed by atoms with Gasteiger partial charge in [0.2, 0.25) is 5.95 Å². The van der Waals surface area contributed by atoms with Crippen molar-refractivity contribution in [2.24, 2.45) is 0 Å². The Morgan fingerprint density at radius 1 is 0.466 bits per heavy atom. The van der Waals surface area contributed by atoms with Crippen molar-refractivity contribution >= 4 is 76.5 Å². The highest BCUT2D eigenvalue weighted by Crippen LogP contribution is 2.53. The number of para-hydroxylation sites is 5. The second-order valence-electron chi connectivity index (χ2n) is 16.1. The average Bonchev–Trinajstić information content (AvgIpc) is 3.98. The molecule has 0 atom stereocenters. The topological polar surface area (TPSA) is 48.8 Å². The van der Waals surface area contributed by atoms with Crippen molar-refractivity contribution in [3.63, 3.8) is 0 Å². The number of fused-ring (bicyclic) bond motifs is 14. The molecule has 5 nitrogen and oxygen atoms in total. The molecule has 272 valence electrons. The van der Waals surface area contributed by atoms with Crippen LogP contribution in [0.25, 0.3) is 110 Å². The van der Waals surface area contributed by atoms with Crippen LogP contribution in [0.3, 0.4) is 0 Å². The van der Waals surface area contributed by atoms with E-state index in [2.05, 4.69) is 181 Å². The van der Waals surface area contributed by atoms with E-state index in [1.165, 1.54) is 54.8 Å². The highest BCUT2D eigenvalue weighted by atomic mass is 16.3. The minimum Gasteiger partial charge on any atom is -0.455 e. The molecule has 4 heterocycles. The highest BCUT2D eigenvalue weighted by molar-refractivity contribution is 6.19. The quantitative estimate of drug-likeness (QED) is 0.181. The zero-order valence-corrected chi connectivity index (χ0v) is 31.9. The minimum absolute atomic E-state index is 0.144. The Morgan fingerprint density at radius 2 is 1.14 bits per heavy atom. The van der Waals surface area contributed by atoms with E-state index in [0.717, 1.165) is 60.8 Å². The van der Waals surface area contributed by atoms with Crippen molar-refractivity contribution in [2.75, 3.05) is 0 Å². The van der Waals surface area contributed by atoms with Crippen molar-refractivity contribution < 1.29 is 4.42 Å². The maximum absolute atomic E-state index is 6.62. The van der Waals surface area contributed by atoms with Crippen LogP contribution in [-0.2, 0) is 5.41 Å². The lowest BCUT2D eigenvalue weighted by Crippen LogP contribution is -2.14. The molecule has 0 aliphatic heterocycles. The van der Waals surface area contributed by atoms with Crippen LogP contribution in [0.15, 0.2) is 174 Å². The summed E-state index contributed by atoms with van der Waals surface area (Å²) in [5.41, 5.74) is 15.0. The number of furan rings is 1. The fraction of sp³-hybridized carbons (Fsp3) is 0.0566. The first-order valence-corrected chi connectivity index (χ1v) is 19.9. The molecule has 0 saturated carbocycles. The molecule has 1 aliphatic rings. The molecule has 0 N–H and O–H groups in total. The predicted molar refractivity (Wildman–Crippen MR) is 238 cm³/mol. The number of rotatable bonds is 3. The Morgan fingerprint density at radius 3 is 1.97 bits per heavy atom. The van der Waals surface area contributed by atoms with E-state index in [1.54, 1.807) is 0 Å². The molecule has 58 heavy (non-hydrogen) atoms. The van der Waals surface area contributed by atoms with E-state index in [-0.39, 0.29) is 5.41 Å². The summed E-state index contributed by atoms with van der Waals surface area (Å²) in [6.45, 7) is 4.70. The van der Waals surface area contributed by atoms with Gasteiger partial charge in [-0.2, -0.15) is 0 Å². The third-order valence-corrected chi connectivity index (χ3v) is 12.7. The molecule has 1 aliphatic carbocycles. The maximum Gasteiger partial charge on any atom is 0.235 e. The van der Waals surface area contributed by atoms with Crippen molar-refractivity contribution in [3.05, 3.63) is 181 Å². The Labute approximate surface area is 333 Å². The molecule has 4 aromatic heterocycles. The first-order chi connectivity index (χ1) is 28.5. The molecule has 0 spiro atoms. The lowest BCUT2D eigenvalue weighted by molar-refractivity contribution is 0.661. The number of nitrogens with zero attached hydrogens (tertiary/aromatic N) is 4. The van der Waals surface area contributed by atoms with Gasteiger partial charge in [-0.25, -0.2) is 9.97 Å². The van der Waals surface area contributed by atoms with Gasteiger partial charge in [-0.15, -0.1) is 0 Å². The van der Waals surface area contributed by atoms with Crippen molar-refractivity contribution in [1.29, 1.82) is 0 Å². The lowest BCUT2D eigenvalue weighted by atomic mass is 9.82. The average molecular weight is 743 g/mol. The van der Waals surface area contributed by atoms with Crippen LogP contribution in [0.4, 0.5) is 0 Å². The first-order valence-electron chi connectivity index (χ1n) is 19.9. The highest BCUT2D eigenvalue weighted by Gasteiger charge is 2.37. The Kier molecular flexibility index (Phi) is 6.17. The molecule has 12 aromatic rings. The van der Waals surface area contributed by atoms with Crippen molar-refractivity contribution in [3.8, 4) is 34.0 Å². The van der Waals surface area contributed by atoms with Crippen molar-refractivity contribution in [2.45, 2.75) is 19.3 Å². The molecule has 0 radical (unpaired) electrons. The van der Waals surface area contributed by atoms with Crippen LogP contribution in [0.2, 0.25) is 0 Å². The maximum atomic E-state index is 6.62. The van der Waals surface area contributed by atoms with Crippen LogP contribution >= 0.6 is 0 Å². The van der Waals surface area contributed by atoms with Gasteiger partial charge in [0.1, 0.15) is 11.2 Å².